The van der Waals surface area contributed by atoms with Crippen LogP contribution in [0, 0.1) is 11.6 Å². The summed E-state index contributed by atoms with van der Waals surface area (Å²) >= 11 is 0. The van der Waals surface area contributed by atoms with Crippen LogP contribution in [0.2, 0.25) is 0 Å². The van der Waals surface area contributed by atoms with Crippen molar-refractivity contribution in [2.45, 2.75) is 20.0 Å². The Kier molecular flexibility index (Phi) is 8.33. The molecule has 27 heavy (non-hydrogen) atoms. The Bertz CT molecular complexity index is 753. The lowest BCUT2D eigenvalue weighted by atomic mass is 10.0. The molecule has 1 rings (SSSR count). The minimum Gasteiger partial charge on any atom is -0.429 e. The van der Waals surface area contributed by atoms with Gasteiger partial charge < -0.3 is 4.74 Å². The molecule has 0 unspecified atom stereocenters. The van der Waals surface area contributed by atoms with E-state index >= 15 is 0 Å². The van der Waals surface area contributed by atoms with Crippen LogP contribution in [-0.4, -0.2) is 13.3 Å². The highest BCUT2D eigenvalue weighted by atomic mass is 19.3. The van der Waals surface area contributed by atoms with E-state index in [1.807, 2.05) is 0 Å². The molecule has 1 aromatic rings. The molecule has 0 aliphatic heterocycles. The molecule has 1 aromatic carbocycles. The van der Waals surface area contributed by atoms with Crippen molar-refractivity contribution in [2.75, 3.05) is 13.3 Å². The van der Waals surface area contributed by atoms with Crippen LogP contribution in [0.3, 0.4) is 0 Å². The van der Waals surface area contributed by atoms with Gasteiger partial charge in [0.05, 0.1) is 0 Å². The molecule has 0 N–H and O–H groups in total. The highest BCUT2D eigenvalue weighted by molar-refractivity contribution is 5.74. The lowest BCUT2D eigenvalue weighted by molar-refractivity contribution is -0.224. The van der Waals surface area contributed by atoms with Crippen LogP contribution < -0.4 is 0 Å². The molecule has 0 spiro atoms. The molecule has 0 aromatic heterocycles. The summed E-state index contributed by atoms with van der Waals surface area (Å²) in [5.41, 5.74) is -1.34. The molecule has 0 atom stereocenters. The van der Waals surface area contributed by atoms with E-state index in [2.05, 4.69) is 4.74 Å². The zero-order valence-corrected chi connectivity index (χ0v) is 14.5. The summed E-state index contributed by atoms with van der Waals surface area (Å²) < 4.78 is 98.4. The molecule has 0 saturated heterocycles. The maximum absolute atomic E-state index is 14.2. The van der Waals surface area contributed by atoms with E-state index in [0.717, 1.165) is 0 Å². The third-order valence-corrected chi connectivity index (χ3v) is 3.27. The second-order valence-corrected chi connectivity index (χ2v) is 5.16. The Morgan fingerprint density at radius 3 is 2.15 bits per heavy atom. The first-order valence-corrected chi connectivity index (χ1v) is 7.74. The molecule has 0 amide bonds. The average Bonchev–Trinajstić information content (AvgIpc) is 2.58. The van der Waals surface area contributed by atoms with E-state index in [4.69, 9.17) is 0 Å². The summed E-state index contributed by atoms with van der Waals surface area (Å²) in [5.74, 6) is -5.86. The predicted octanol–water partition coefficient (Wildman–Crippen LogP) is 6.69. The molecule has 1 nitrogen and oxygen atoms in total. The third-order valence-electron chi connectivity index (χ3n) is 3.27. The summed E-state index contributed by atoms with van der Waals surface area (Å²) in [6.45, 7) is 0.262. The highest BCUT2D eigenvalue weighted by Gasteiger charge is 2.41. The SMILES string of the molecule is C/C=C\C(=C/C)c1cc(F)c(C(F)(F)OC(/C=C(/F)CF)=C/CF)c(F)c1. The molecule has 0 aliphatic carbocycles. The van der Waals surface area contributed by atoms with Gasteiger partial charge in [-0.1, -0.05) is 18.2 Å². The van der Waals surface area contributed by atoms with Crippen molar-refractivity contribution in [3.63, 3.8) is 0 Å². The number of benzene rings is 1. The number of ether oxygens (including phenoxy) is 1. The Labute approximate surface area is 152 Å². The van der Waals surface area contributed by atoms with Crippen LogP contribution in [0.15, 0.2) is 54.1 Å². The van der Waals surface area contributed by atoms with Crippen molar-refractivity contribution in [3.05, 3.63) is 76.9 Å². The van der Waals surface area contributed by atoms with Crippen molar-refractivity contribution in [1.29, 1.82) is 0 Å². The quantitative estimate of drug-likeness (QED) is 0.271. The fraction of sp³-hybridized carbons (Fsp3) is 0.263. The van der Waals surface area contributed by atoms with Crippen molar-refractivity contribution in [2.24, 2.45) is 0 Å². The van der Waals surface area contributed by atoms with Gasteiger partial charge in [-0.3, -0.25) is 0 Å². The number of alkyl halides is 4. The molecule has 0 bridgehead atoms. The molecule has 0 heterocycles. The molecule has 0 fully saturated rings. The third kappa shape index (κ3) is 6.01. The Hall–Kier alpha value is -2.51. The van der Waals surface area contributed by atoms with Crippen LogP contribution in [0.25, 0.3) is 5.57 Å². The topological polar surface area (TPSA) is 9.23 Å². The van der Waals surface area contributed by atoms with Gasteiger partial charge in [-0.05, 0) is 43.2 Å². The lowest BCUT2D eigenvalue weighted by Crippen LogP contribution is -2.22. The second-order valence-electron chi connectivity index (χ2n) is 5.16. The van der Waals surface area contributed by atoms with Crippen molar-refractivity contribution < 1.29 is 35.5 Å². The Morgan fingerprint density at radius 1 is 1.11 bits per heavy atom. The summed E-state index contributed by atoms with van der Waals surface area (Å²) in [4.78, 5) is 0. The summed E-state index contributed by atoms with van der Waals surface area (Å²) in [5, 5.41) is 0. The smallest absolute Gasteiger partial charge is 0.429 e. The first-order valence-electron chi connectivity index (χ1n) is 7.74. The van der Waals surface area contributed by atoms with Crippen LogP contribution in [0.4, 0.5) is 30.7 Å². The largest absolute Gasteiger partial charge is 0.432 e. The van der Waals surface area contributed by atoms with E-state index in [1.54, 1.807) is 19.9 Å². The van der Waals surface area contributed by atoms with E-state index < -0.39 is 48.2 Å². The summed E-state index contributed by atoms with van der Waals surface area (Å²) in [6.07, 6.45) is 0.581. The molecular formula is C19H17F7O. The average molecular weight is 394 g/mol. The molecule has 148 valence electrons. The van der Waals surface area contributed by atoms with Gasteiger partial charge in [0.2, 0.25) is 0 Å². The van der Waals surface area contributed by atoms with Gasteiger partial charge in [0.1, 0.15) is 42.1 Å². The maximum atomic E-state index is 14.2. The van der Waals surface area contributed by atoms with Crippen molar-refractivity contribution >= 4 is 5.57 Å². The predicted molar refractivity (Wildman–Crippen MR) is 89.0 cm³/mol. The number of rotatable bonds is 8. The number of hydrogen-bond donors (Lipinski definition) is 0. The second kappa shape index (κ2) is 9.99. The van der Waals surface area contributed by atoms with Gasteiger partial charge in [0.25, 0.3) is 0 Å². The van der Waals surface area contributed by atoms with Gasteiger partial charge >= 0.3 is 6.11 Å². The maximum Gasteiger partial charge on any atom is 0.432 e. The summed E-state index contributed by atoms with van der Waals surface area (Å²) in [7, 11) is 0. The van der Waals surface area contributed by atoms with Crippen LogP contribution >= 0.6 is 0 Å². The molecule has 0 radical (unpaired) electrons. The molecular weight excluding hydrogens is 377 g/mol. The van der Waals surface area contributed by atoms with E-state index in [1.165, 1.54) is 12.2 Å². The van der Waals surface area contributed by atoms with Crippen LogP contribution in [0.1, 0.15) is 25.0 Å². The van der Waals surface area contributed by atoms with Gasteiger partial charge in [-0.2, -0.15) is 8.78 Å². The first kappa shape index (κ1) is 22.5. The van der Waals surface area contributed by atoms with Crippen LogP contribution in [-0.2, 0) is 10.8 Å². The first-order chi connectivity index (χ1) is 12.7. The zero-order chi connectivity index (χ0) is 20.6. The number of hydrogen-bond acceptors (Lipinski definition) is 1. The Balaban J connectivity index is 3.36. The lowest BCUT2D eigenvalue weighted by Gasteiger charge is -2.20. The molecule has 0 saturated carbocycles. The van der Waals surface area contributed by atoms with E-state index in [9.17, 15) is 30.7 Å². The monoisotopic (exact) mass is 394 g/mol. The van der Waals surface area contributed by atoms with Crippen molar-refractivity contribution in [3.8, 4) is 0 Å². The standard InChI is InChI=1S/C19H17F7O/c1-3-5-12(4-2)13-8-16(23)18(17(24)9-13)19(25,26)27-15(6-7-20)10-14(22)11-21/h3-6,8-10H,7,11H2,1-2H3/b5-3-,12-4+,14-10+,15-6+. The summed E-state index contributed by atoms with van der Waals surface area (Å²) in [6, 6.07) is 1.36. The van der Waals surface area contributed by atoms with E-state index in [-0.39, 0.29) is 11.6 Å². The van der Waals surface area contributed by atoms with Gasteiger partial charge in [-0.15, -0.1) is 0 Å². The number of allylic oxidation sites excluding steroid dienone is 7. The number of halogens is 7. The minimum atomic E-state index is -4.60. The van der Waals surface area contributed by atoms with Crippen LogP contribution in [0.5, 0.6) is 0 Å². The molecule has 0 aliphatic rings. The highest BCUT2D eigenvalue weighted by Crippen LogP contribution is 2.37. The normalized spacial score (nSPS) is 14.2. The van der Waals surface area contributed by atoms with Gasteiger partial charge in [-0.25, -0.2) is 22.0 Å². The van der Waals surface area contributed by atoms with E-state index in [0.29, 0.717) is 23.8 Å². The zero-order valence-electron chi connectivity index (χ0n) is 14.5. The fourth-order valence-electron chi connectivity index (χ4n) is 2.15. The fourth-order valence-corrected chi connectivity index (χ4v) is 2.15. The van der Waals surface area contributed by atoms with Gasteiger partial charge in [0.15, 0.2) is 0 Å². The van der Waals surface area contributed by atoms with Gasteiger partial charge in [0, 0.05) is 6.08 Å². The minimum absolute atomic E-state index is 0.00745. The Morgan fingerprint density at radius 2 is 1.70 bits per heavy atom. The van der Waals surface area contributed by atoms with Crippen molar-refractivity contribution in [1.82, 2.24) is 0 Å². The molecule has 8 heteroatoms.